The molecule has 1 saturated heterocycles. The van der Waals surface area contributed by atoms with Crippen LogP contribution in [0.15, 0.2) is 29.4 Å². The molecule has 0 bridgehead atoms. The molecule has 1 unspecified atom stereocenters. The third kappa shape index (κ3) is 3.00. The molecule has 20 heavy (non-hydrogen) atoms. The first-order valence-electron chi connectivity index (χ1n) is 7.13. The van der Waals surface area contributed by atoms with E-state index in [1.54, 1.807) is 0 Å². The molecule has 1 heterocycles. The molecular formula is C16H22N2O2. The number of rotatable bonds is 2. The number of benzene rings is 1. The number of oxime groups is 1. The van der Waals surface area contributed by atoms with Gasteiger partial charge in [0.1, 0.15) is 0 Å². The highest BCUT2D eigenvalue weighted by Gasteiger charge is 2.26. The number of piperidine rings is 1. The van der Waals surface area contributed by atoms with Crippen molar-refractivity contribution in [2.45, 2.75) is 33.1 Å². The molecule has 1 fully saturated rings. The van der Waals surface area contributed by atoms with Crippen LogP contribution >= 0.6 is 0 Å². The van der Waals surface area contributed by atoms with Crippen molar-refractivity contribution < 1.29 is 10.0 Å². The van der Waals surface area contributed by atoms with Crippen LogP contribution in [0.5, 0.6) is 0 Å². The van der Waals surface area contributed by atoms with Gasteiger partial charge in [0.15, 0.2) is 0 Å². The summed E-state index contributed by atoms with van der Waals surface area (Å²) in [5.41, 5.74) is 2.75. The summed E-state index contributed by atoms with van der Waals surface area (Å²) in [6, 6.07) is 7.84. The van der Waals surface area contributed by atoms with Crippen molar-refractivity contribution >= 4 is 11.6 Å². The van der Waals surface area contributed by atoms with Gasteiger partial charge >= 0.3 is 0 Å². The first kappa shape index (κ1) is 14.6. The fourth-order valence-electron chi connectivity index (χ4n) is 2.55. The standard InChI is InChI=1S/C16H22N2O2/c1-11(2)13-4-6-14(7-5-13)16(19)18-9-8-15(17-20)12(3)10-18/h4-7,11-12,20H,8-10H2,1-3H3/b17-15-. The molecule has 0 saturated carbocycles. The van der Waals surface area contributed by atoms with E-state index in [0.29, 0.717) is 25.4 Å². The second kappa shape index (κ2) is 6.07. The van der Waals surface area contributed by atoms with Gasteiger partial charge in [0.05, 0.1) is 5.71 Å². The molecule has 1 aliphatic heterocycles. The SMILES string of the molecule is CC1CN(C(=O)c2ccc(C(C)C)cc2)CC/C1=N/O. The Bertz CT molecular complexity index is 506. The minimum Gasteiger partial charge on any atom is -0.411 e. The van der Waals surface area contributed by atoms with E-state index in [4.69, 9.17) is 5.21 Å². The molecule has 0 spiro atoms. The maximum atomic E-state index is 12.4. The second-order valence-electron chi connectivity index (χ2n) is 5.77. The molecule has 2 rings (SSSR count). The summed E-state index contributed by atoms with van der Waals surface area (Å²) in [6.45, 7) is 7.49. The first-order valence-corrected chi connectivity index (χ1v) is 7.13. The molecule has 0 aliphatic carbocycles. The fraction of sp³-hybridized carbons (Fsp3) is 0.500. The van der Waals surface area contributed by atoms with E-state index >= 15 is 0 Å². The lowest BCUT2D eigenvalue weighted by Crippen LogP contribution is -2.43. The number of hydrogen-bond donors (Lipinski definition) is 1. The van der Waals surface area contributed by atoms with E-state index in [0.717, 1.165) is 11.3 Å². The Morgan fingerprint density at radius 2 is 2.00 bits per heavy atom. The lowest BCUT2D eigenvalue weighted by atomic mass is 9.96. The van der Waals surface area contributed by atoms with Crippen LogP contribution in [0.4, 0.5) is 0 Å². The maximum absolute atomic E-state index is 12.4. The third-order valence-electron chi connectivity index (χ3n) is 3.94. The molecule has 1 amide bonds. The zero-order chi connectivity index (χ0) is 14.7. The van der Waals surface area contributed by atoms with Crippen LogP contribution in [-0.4, -0.2) is 34.8 Å². The fourth-order valence-corrected chi connectivity index (χ4v) is 2.55. The van der Waals surface area contributed by atoms with Crippen molar-refractivity contribution in [1.29, 1.82) is 0 Å². The minimum absolute atomic E-state index is 0.0594. The number of hydrogen-bond acceptors (Lipinski definition) is 3. The van der Waals surface area contributed by atoms with E-state index in [1.165, 1.54) is 5.56 Å². The van der Waals surface area contributed by atoms with Crippen molar-refractivity contribution in [3.05, 3.63) is 35.4 Å². The van der Waals surface area contributed by atoms with E-state index in [1.807, 2.05) is 36.1 Å². The largest absolute Gasteiger partial charge is 0.411 e. The maximum Gasteiger partial charge on any atom is 0.253 e. The number of nitrogens with zero attached hydrogens (tertiary/aromatic N) is 2. The average molecular weight is 274 g/mol. The van der Waals surface area contributed by atoms with E-state index in [2.05, 4.69) is 19.0 Å². The minimum atomic E-state index is 0.0594. The highest BCUT2D eigenvalue weighted by Crippen LogP contribution is 2.19. The van der Waals surface area contributed by atoms with Crippen LogP contribution in [0.25, 0.3) is 0 Å². The highest BCUT2D eigenvalue weighted by atomic mass is 16.4. The van der Waals surface area contributed by atoms with Gasteiger partial charge in [0, 0.05) is 31.0 Å². The number of carbonyl (C=O) groups is 1. The van der Waals surface area contributed by atoms with Crippen molar-refractivity contribution in [3.8, 4) is 0 Å². The predicted octanol–water partition coefficient (Wildman–Crippen LogP) is 3.12. The predicted molar refractivity (Wildman–Crippen MR) is 79.4 cm³/mol. The Hall–Kier alpha value is -1.84. The molecule has 1 aliphatic rings. The van der Waals surface area contributed by atoms with Gasteiger partial charge in [-0.15, -0.1) is 0 Å². The zero-order valence-electron chi connectivity index (χ0n) is 12.3. The van der Waals surface area contributed by atoms with Crippen LogP contribution in [0.1, 0.15) is 49.0 Å². The number of amides is 1. The van der Waals surface area contributed by atoms with Gasteiger partial charge in [-0.1, -0.05) is 38.1 Å². The molecule has 4 nitrogen and oxygen atoms in total. The summed E-state index contributed by atoms with van der Waals surface area (Å²) in [4.78, 5) is 14.3. The van der Waals surface area contributed by atoms with Crippen LogP contribution in [0.3, 0.4) is 0 Å². The molecular weight excluding hydrogens is 252 g/mol. The molecule has 1 N–H and O–H groups in total. The van der Waals surface area contributed by atoms with Crippen LogP contribution in [-0.2, 0) is 0 Å². The van der Waals surface area contributed by atoms with Crippen LogP contribution in [0, 0.1) is 5.92 Å². The summed E-state index contributed by atoms with van der Waals surface area (Å²) in [7, 11) is 0. The van der Waals surface area contributed by atoms with Crippen LogP contribution in [0.2, 0.25) is 0 Å². The van der Waals surface area contributed by atoms with Crippen molar-refractivity contribution in [2.24, 2.45) is 11.1 Å². The average Bonchev–Trinajstić information content (AvgIpc) is 2.46. The first-order chi connectivity index (χ1) is 9.52. The van der Waals surface area contributed by atoms with Gasteiger partial charge in [-0.2, -0.15) is 0 Å². The Kier molecular flexibility index (Phi) is 4.42. The van der Waals surface area contributed by atoms with Gasteiger partial charge in [-0.05, 0) is 23.6 Å². The molecule has 1 aromatic carbocycles. The van der Waals surface area contributed by atoms with Gasteiger partial charge in [-0.3, -0.25) is 4.79 Å². The number of carbonyl (C=O) groups excluding carboxylic acids is 1. The lowest BCUT2D eigenvalue weighted by molar-refractivity contribution is 0.0734. The molecule has 108 valence electrons. The Labute approximate surface area is 120 Å². The lowest BCUT2D eigenvalue weighted by Gasteiger charge is -2.31. The molecule has 1 aromatic rings. The molecule has 0 radical (unpaired) electrons. The van der Waals surface area contributed by atoms with E-state index in [-0.39, 0.29) is 11.8 Å². The van der Waals surface area contributed by atoms with E-state index in [9.17, 15) is 4.79 Å². The third-order valence-corrected chi connectivity index (χ3v) is 3.94. The van der Waals surface area contributed by atoms with Gasteiger partial charge in [0.2, 0.25) is 0 Å². The second-order valence-corrected chi connectivity index (χ2v) is 5.77. The summed E-state index contributed by atoms with van der Waals surface area (Å²) < 4.78 is 0. The van der Waals surface area contributed by atoms with Crippen molar-refractivity contribution in [2.75, 3.05) is 13.1 Å². The summed E-state index contributed by atoms with van der Waals surface area (Å²) in [5.74, 6) is 0.647. The Morgan fingerprint density at radius 1 is 1.35 bits per heavy atom. The van der Waals surface area contributed by atoms with Gasteiger partial charge in [0.25, 0.3) is 5.91 Å². The normalized spacial score (nSPS) is 21.5. The zero-order valence-corrected chi connectivity index (χ0v) is 12.3. The van der Waals surface area contributed by atoms with E-state index < -0.39 is 0 Å². The monoisotopic (exact) mass is 274 g/mol. The highest BCUT2D eigenvalue weighted by molar-refractivity contribution is 5.96. The summed E-state index contributed by atoms with van der Waals surface area (Å²) in [5, 5.41) is 12.2. The number of likely N-dealkylation sites (tertiary alicyclic amines) is 1. The summed E-state index contributed by atoms with van der Waals surface area (Å²) in [6.07, 6.45) is 0.646. The van der Waals surface area contributed by atoms with Crippen molar-refractivity contribution in [1.82, 2.24) is 4.90 Å². The Morgan fingerprint density at radius 3 is 2.50 bits per heavy atom. The smallest absolute Gasteiger partial charge is 0.253 e. The quantitative estimate of drug-likeness (QED) is 0.665. The molecule has 1 atom stereocenters. The van der Waals surface area contributed by atoms with Gasteiger partial charge < -0.3 is 10.1 Å². The van der Waals surface area contributed by atoms with Crippen LogP contribution < -0.4 is 0 Å². The van der Waals surface area contributed by atoms with Gasteiger partial charge in [-0.25, -0.2) is 0 Å². The summed E-state index contributed by atoms with van der Waals surface area (Å²) >= 11 is 0. The molecule has 4 heteroatoms. The van der Waals surface area contributed by atoms with Crippen molar-refractivity contribution in [3.63, 3.8) is 0 Å². The topological polar surface area (TPSA) is 52.9 Å². The Balaban J connectivity index is 2.08. The molecule has 0 aromatic heterocycles.